The number of nitrogens with zero attached hydrogens (tertiary/aromatic N) is 1. The lowest BCUT2D eigenvalue weighted by Gasteiger charge is -2.35. The Morgan fingerprint density at radius 2 is 2.00 bits per heavy atom. The van der Waals surface area contributed by atoms with Crippen LogP contribution in [0.5, 0.6) is 0 Å². The van der Waals surface area contributed by atoms with Crippen LogP contribution in [0.3, 0.4) is 0 Å². The topological polar surface area (TPSA) is 29.3 Å². The van der Waals surface area contributed by atoms with Gasteiger partial charge in [-0.3, -0.25) is 0 Å². The van der Waals surface area contributed by atoms with Crippen molar-refractivity contribution >= 4 is 15.9 Å². The highest BCUT2D eigenvalue weighted by Crippen LogP contribution is 2.26. The second-order valence-electron chi connectivity index (χ2n) is 3.62. The molecule has 1 rings (SSSR count). The Labute approximate surface area is 77.3 Å². The molecule has 0 aromatic heterocycles. The molecule has 0 amide bonds. The SMILES string of the molecule is CN(C)C1CCC(N)CC1Br. The monoisotopic (exact) mass is 220 g/mol. The third kappa shape index (κ3) is 2.42. The Bertz CT molecular complexity index is 127. The fraction of sp³-hybridized carbons (Fsp3) is 1.00. The van der Waals surface area contributed by atoms with Crippen molar-refractivity contribution in [1.29, 1.82) is 0 Å². The molecule has 0 radical (unpaired) electrons. The van der Waals surface area contributed by atoms with Crippen LogP contribution in [0.4, 0.5) is 0 Å². The average molecular weight is 221 g/mol. The summed E-state index contributed by atoms with van der Waals surface area (Å²) in [6.45, 7) is 0. The van der Waals surface area contributed by atoms with Crippen molar-refractivity contribution in [1.82, 2.24) is 4.90 Å². The molecule has 3 atom stereocenters. The van der Waals surface area contributed by atoms with Gasteiger partial charge in [0.15, 0.2) is 0 Å². The minimum Gasteiger partial charge on any atom is -0.328 e. The fourth-order valence-corrected chi connectivity index (χ4v) is 2.93. The summed E-state index contributed by atoms with van der Waals surface area (Å²) >= 11 is 3.67. The Kier molecular flexibility index (Phi) is 3.34. The van der Waals surface area contributed by atoms with Crippen LogP contribution in [0, 0.1) is 0 Å². The highest BCUT2D eigenvalue weighted by atomic mass is 79.9. The second kappa shape index (κ2) is 3.87. The lowest BCUT2D eigenvalue weighted by Crippen LogP contribution is -2.44. The van der Waals surface area contributed by atoms with E-state index < -0.39 is 0 Å². The Hall–Kier alpha value is 0.400. The largest absolute Gasteiger partial charge is 0.328 e. The molecule has 1 fully saturated rings. The van der Waals surface area contributed by atoms with E-state index in [1.165, 1.54) is 12.8 Å². The molecule has 3 heteroatoms. The van der Waals surface area contributed by atoms with E-state index in [0.29, 0.717) is 16.9 Å². The van der Waals surface area contributed by atoms with E-state index in [1.807, 2.05) is 0 Å². The number of halogens is 1. The molecule has 0 saturated heterocycles. The van der Waals surface area contributed by atoms with Gasteiger partial charge in [0.2, 0.25) is 0 Å². The first-order chi connectivity index (χ1) is 5.11. The van der Waals surface area contributed by atoms with Crippen LogP contribution in [-0.2, 0) is 0 Å². The van der Waals surface area contributed by atoms with E-state index in [-0.39, 0.29) is 0 Å². The summed E-state index contributed by atoms with van der Waals surface area (Å²) in [6, 6.07) is 1.09. The third-order valence-electron chi connectivity index (χ3n) is 2.44. The van der Waals surface area contributed by atoms with Gasteiger partial charge in [-0.05, 0) is 33.4 Å². The third-order valence-corrected chi connectivity index (χ3v) is 3.43. The van der Waals surface area contributed by atoms with Gasteiger partial charge in [-0.25, -0.2) is 0 Å². The van der Waals surface area contributed by atoms with Crippen LogP contribution >= 0.6 is 15.9 Å². The Morgan fingerprint density at radius 3 is 2.45 bits per heavy atom. The number of hydrogen-bond acceptors (Lipinski definition) is 2. The van der Waals surface area contributed by atoms with Crippen LogP contribution in [0.1, 0.15) is 19.3 Å². The minimum absolute atomic E-state index is 0.413. The molecule has 0 aliphatic heterocycles. The minimum atomic E-state index is 0.413. The molecule has 0 heterocycles. The first-order valence-corrected chi connectivity index (χ1v) is 5.09. The number of hydrogen-bond donors (Lipinski definition) is 1. The predicted molar refractivity (Wildman–Crippen MR) is 52.0 cm³/mol. The summed E-state index contributed by atoms with van der Waals surface area (Å²) in [6.07, 6.45) is 3.51. The lowest BCUT2D eigenvalue weighted by atomic mass is 9.91. The van der Waals surface area contributed by atoms with E-state index in [0.717, 1.165) is 6.42 Å². The highest BCUT2D eigenvalue weighted by molar-refractivity contribution is 9.09. The van der Waals surface area contributed by atoms with Gasteiger partial charge in [-0.15, -0.1) is 0 Å². The number of rotatable bonds is 1. The second-order valence-corrected chi connectivity index (χ2v) is 4.80. The van der Waals surface area contributed by atoms with Gasteiger partial charge in [-0.2, -0.15) is 0 Å². The van der Waals surface area contributed by atoms with E-state index in [2.05, 4.69) is 34.9 Å². The lowest BCUT2D eigenvalue weighted by molar-refractivity contribution is 0.227. The summed E-state index contributed by atoms with van der Waals surface area (Å²) in [7, 11) is 4.27. The van der Waals surface area contributed by atoms with Crippen molar-refractivity contribution in [3.63, 3.8) is 0 Å². The van der Waals surface area contributed by atoms with Crippen LogP contribution in [0.2, 0.25) is 0 Å². The normalized spacial score (nSPS) is 39.5. The van der Waals surface area contributed by atoms with Crippen molar-refractivity contribution < 1.29 is 0 Å². The zero-order valence-electron chi connectivity index (χ0n) is 7.26. The van der Waals surface area contributed by atoms with E-state index in [1.54, 1.807) is 0 Å². The Balaban J connectivity index is 2.44. The van der Waals surface area contributed by atoms with Crippen molar-refractivity contribution in [3.8, 4) is 0 Å². The van der Waals surface area contributed by atoms with Crippen LogP contribution in [0.25, 0.3) is 0 Å². The van der Waals surface area contributed by atoms with Crippen LogP contribution in [0.15, 0.2) is 0 Å². The van der Waals surface area contributed by atoms with Crippen LogP contribution < -0.4 is 5.73 Å². The van der Waals surface area contributed by atoms with E-state index >= 15 is 0 Å². The predicted octanol–water partition coefficient (Wildman–Crippen LogP) is 1.19. The number of alkyl halides is 1. The first-order valence-electron chi connectivity index (χ1n) is 4.17. The van der Waals surface area contributed by atoms with Crippen molar-refractivity contribution in [2.75, 3.05) is 14.1 Å². The standard InChI is InChI=1S/C8H17BrN2/c1-11(2)8-4-3-6(10)5-7(8)9/h6-8H,3-5,10H2,1-2H3. The zero-order valence-corrected chi connectivity index (χ0v) is 8.84. The zero-order chi connectivity index (χ0) is 8.43. The molecule has 2 nitrogen and oxygen atoms in total. The van der Waals surface area contributed by atoms with Gasteiger partial charge in [0, 0.05) is 16.9 Å². The van der Waals surface area contributed by atoms with Gasteiger partial charge in [-0.1, -0.05) is 15.9 Å². The van der Waals surface area contributed by atoms with Gasteiger partial charge >= 0.3 is 0 Å². The first kappa shape index (κ1) is 9.49. The highest BCUT2D eigenvalue weighted by Gasteiger charge is 2.27. The average Bonchev–Trinajstić information content (AvgIpc) is 1.85. The summed E-state index contributed by atoms with van der Waals surface area (Å²) in [5.74, 6) is 0. The molecule has 3 unspecified atom stereocenters. The summed E-state index contributed by atoms with van der Waals surface area (Å²) in [5.41, 5.74) is 5.84. The maximum absolute atomic E-state index is 5.84. The molecule has 0 spiro atoms. The smallest absolute Gasteiger partial charge is 0.0316 e. The molecular weight excluding hydrogens is 204 g/mol. The molecule has 2 N–H and O–H groups in total. The van der Waals surface area contributed by atoms with Gasteiger partial charge in [0.25, 0.3) is 0 Å². The molecular formula is C8H17BrN2. The maximum atomic E-state index is 5.84. The molecule has 0 bridgehead atoms. The molecule has 1 aliphatic carbocycles. The van der Waals surface area contributed by atoms with Crippen molar-refractivity contribution in [2.45, 2.75) is 36.2 Å². The van der Waals surface area contributed by atoms with E-state index in [4.69, 9.17) is 5.73 Å². The van der Waals surface area contributed by atoms with Crippen molar-refractivity contribution in [3.05, 3.63) is 0 Å². The van der Waals surface area contributed by atoms with E-state index in [9.17, 15) is 0 Å². The molecule has 0 aromatic carbocycles. The summed E-state index contributed by atoms with van der Waals surface area (Å²) in [5, 5.41) is 0. The fourth-order valence-electron chi connectivity index (χ4n) is 1.71. The summed E-state index contributed by atoms with van der Waals surface area (Å²) < 4.78 is 0. The molecule has 66 valence electrons. The summed E-state index contributed by atoms with van der Waals surface area (Å²) in [4.78, 5) is 2.87. The quantitative estimate of drug-likeness (QED) is 0.674. The Morgan fingerprint density at radius 1 is 1.36 bits per heavy atom. The van der Waals surface area contributed by atoms with Gasteiger partial charge in [0.05, 0.1) is 0 Å². The molecule has 11 heavy (non-hydrogen) atoms. The molecule has 1 aliphatic rings. The van der Waals surface area contributed by atoms with Gasteiger partial charge < -0.3 is 10.6 Å². The van der Waals surface area contributed by atoms with Crippen LogP contribution in [-0.4, -0.2) is 35.9 Å². The maximum Gasteiger partial charge on any atom is 0.0316 e. The molecule has 1 saturated carbocycles. The number of nitrogens with two attached hydrogens (primary N) is 1. The molecule has 0 aromatic rings. The van der Waals surface area contributed by atoms with Gasteiger partial charge in [0.1, 0.15) is 0 Å². The van der Waals surface area contributed by atoms with Crippen molar-refractivity contribution in [2.24, 2.45) is 5.73 Å².